The van der Waals surface area contributed by atoms with Crippen LogP contribution in [0.5, 0.6) is 0 Å². The first kappa shape index (κ1) is 16.6. The molecule has 1 unspecified atom stereocenters. The molecule has 0 saturated heterocycles. The van der Waals surface area contributed by atoms with E-state index in [1.165, 1.54) is 21.9 Å². The summed E-state index contributed by atoms with van der Waals surface area (Å²) in [7, 11) is 0. The van der Waals surface area contributed by atoms with Gasteiger partial charge in [-0.05, 0) is 18.9 Å². The third-order valence-electron chi connectivity index (χ3n) is 3.64. The molecule has 0 aliphatic carbocycles. The summed E-state index contributed by atoms with van der Waals surface area (Å²) < 4.78 is 7.15. The monoisotopic (exact) mass is 344 g/mol. The highest BCUT2D eigenvalue weighted by molar-refractivity contribution is 7.20. The van der Waals surface area contributed by atoms with E-state index < -0.39 is 0 Å². The van der Waals surface area contributed by atoms with Crippen LogP contribution in [0, 0.1) is 0 Å². The Kier molecular flexibility index (Phi) is 5.22. The summed E-state index contributed by atoms with van der Waals surface area (Å²) >= 11 is 1.37. The first-order valence-electron chi connectivity index (χ1n) is 8.01. The molecule has 24 heavy (non-hydrogen) atoms. The van der Waals surface area contributed by atoms with Crippen molar-refractivity contribution in [2.45, 2.75) is 26.4 Å². The van der Waals surface area contributed by atoms with E-state index >= 15 is 0 Å². The van der Waals surface area contributed by atoms with Crippen molar-refractivity contribution >= 4 is 21.4 Å². The molecule has 2 aromatic heterocycles. The first-order chi connectivity index (χ1) is 11.7. The number of anilines is 1. The fraction of sp³-hybridized carbons (Fsp3) is 0.353. The van der Waals surface area contributed by atoms with Crippen LogP contribution in [-0.2, 0) is 11.2 Å². The number of benzene rings is 1. The van der Waals surface area contributed by atoms with Gasteiger partial charge in [-0.3, -0.25) is 4.79 Å². The van der Waals surface area contributed by atoms with Crippen molar-refractivity contribution in [1.82, 2.24) is 14.6 Å². The van der Waals surface area contributed by atoms with Crippen LogP contribution in [0.15, 0.2) is 41.2 Å². The van der Waals surface area contributed by atoms with Gasteiger partial charge in [0, 0.05) is 24.9 Å². The summed E-state index contributed by atoms with van der Waals surface area (Å²) in [5, 5.41) is 8.23. The highest BCUT2D eigenvalue weighted by atomic mass is 32.1. The standard InChI is InChI=1S/C17H20N4O2S/c1-3-13-10-15(22)21-17(19-13)24-16(20-21)18-11-14(23-4-2)12-8-6-5-7-9-12/h5-10,14H,3-4,11H2,1-2H3,(H,18,20). The number of aryl methyl sites for hydroxylation is 1. The summed E-state index contributed by atoms with van der Waals surface area (Å²) in [6, 6.07) is 11.6. The molecule has 6 nitrogen and oxygen atoms in total. The van der Waals surface area contributed by atoms with E-state index in [4.69, 9.17) is 4.74 Å². The molecule has 1 atom stereocenters. The minimum absolute atomic E-state index is 0.0703. The summed E-state index contributed by atoms with van der Waals surface area (Å²) in [5.74, 6) is 0. The average molecular weight is 344 g/mol. The van der Waals surface area contributed by atoms with Crippen molar-refractivity contribution in [3.8, 4) is 0 Å². The third-order valence-corrected chi connectivity index (χ3v) is 4.50. The van der Waals surface area contributed by atoms with E-state index in [1.807, 2.05) is 44.2 Å². The number of hydrogen-bond donors (Lipinski definition) is 1. The highest BCUT2D eigenvalue weighted by Crippen LogP contribution is 2.21. The zero-order valence-corrected chi connectivity index (χ0v) is 14.5. The number of rotatable bonds is 7. The Labute approximate surface area is 144 Å². The molecule has 1 aromatic carbocycles. The highest BCUT2D eigenvalue weighted by Gasteiger charge is 2.13. The van der Waals surface area contributed by atoms with Gasteiger partial charge in [-0.15, -0.1) is 5.10 Å². The quantitative estimate of drug-likeness (QED) is 0.714. The van der Waals surface area contributed by atoms with Gasteiger partial charge in [-0.2, -0.15) is 4.52 Å². The molecule has 0 saturated carbocycles. The minimum atomic E-state index is -0.148. The van der Waals surface area contributed by atoms with E-state index in [1.54, 1.807) is 0 Å². The molecule has 1 N–H and O–H groups in total. The van der Waals surface area contributed by atoms with Crippen molar-refractivity contribution < 1.29 is 4.74 Å². The largest absolute Gasteiger partial charge is 0.372 e. The number of nitrogens with zero attached hydrogens (tertiary/aromatic N) is 3. The molecule has 0 spiro atoms. The lowest BCUT2D eigenvalue weighted by Crippen LogP contribution is -2.17. The van der Waals surface area contributed by atoms with Gasteiger partial charge in [0.2, 0.25) is 10.1 Å². The lowest BCUT2D eigenvalue weighted by Gasteiger charge is -2.17. The third kappa shape index (κ3) is 3.63. The second-order valence-corrected chi connectivity index (χ2v) is 6.23. The normalized spacial score (nSPS) is 12.4. The van der Waals surface area contributed by atoms with Crippen molar-refractivity contribution in [1.29, 1.82) is 0 Å². The topological polar surface area (TPSA) is 68.5 Å². The van der Waals surface area contributed by atoms with Gasteiger partial charge in [0.25, 0.3) is 5.56 Å². The molecule has 0 fully saturated rings. The van der Waals surface area contributed by atoms with Gasteiger partial charge in [0.15, 0.2) is 0 Å². The molecule has 0 aliphatic rings. The van der Waals surface area contributed by atoms with Crippen LogP contribution in [0.2, 0.25) is 0 Å². The second-order valence-electron chi connectivity index (χ2n) is 5.28. The summed E-state index contributed by atoms with van der Waals surface area (Å²) in [6.07, 6.45) is 0.659. The Hall–Kier alpha value is -2.25. The van der Waals surface area contributed by atoms with Gasteiger partial charge in [0.1, 0.15) is 0 Å². The summed E-state index contributed by atoms with van der Waals surface area (Å²) in [5.41, 5.74) is 1.74. The van der Waals surface area contributed by atoms with Gasteiger partial charge in [-0.25, -0.2) is 4.98 Å². The van der Waals surface area contributed by atoms with E-state index in [0.717, 1.165) is 17.7 Å². The molecule has 126 valence electrons. The van der Waals surface area contributed by atoms with E-state index in [9.17, 15) is 4.79 Å². The lowest BCUT2D eigenvalue weighted by molar-refractivity contribution is 0.0719. The summed E-state index contributed by atoms with van der Waals surface area (Å²) in [4.78, 5) is 17.1. The molecule has 0 aliphatic heterocycles. The molecule has 3 rings (SSSR count). The molecule has 0 amide bonds. The minimum Gasteiger partial charge on any atom is -0.372 e. The summed E-state index contributed by atoms with van der Waals surface area (Å²) in [6.45, 7) is 5.16. The van der Waals surface area contributed by atoms with Crippen LogP contribution in [0.4, 0.5) is 5.13 Å². The number of hydrogen-bond acceptors (Lipinski definition) is 6. The Morgan fingerprint density at radius 3 is 2.79 bits per heavy atom. The zero-order valence-electron chi connectivity index (χ0n) is 13.7. The van der Waals surface area contributed by atoms with E-state index in [2.05, 4.69) is 15.4 Å². The molecule has 3 aromatic rings. The molecule has 0 radical (unpaired) electrons. The van der Waals surface area contributed by atoms with Crippen molar-refractivity contribution in [3.05, 3.63) is 58.0 Å². The number of aromatic nitrogens is 3. The van der Waals surface area contributed by atoms with Crippen LogP contribution in [-0.4, -0.2) is 27.7 Å². The van der Waals surface area contributed by atoms with Crippen molar-refractivity contribution in [3.63, 3.8) is 0 Å². The van der Waals surface area contributed by atoms with E-state index in [0.29, 0.717) is 23.2 Å². The molecule has 2 heterocycles. The van der Waals surface area contributed by atoms with Gasteiger partial charge in [0.05, 0.1) is 6.10 Å². The molecular formula is C17H20N4O2S. The van der Waals surface area contributed by atoms with Gasteiger partial charge in [-0.1, -0.05) is 48.6 Å². The molecule has 7 heteroatoms. The number of fused-ring (bicyclic) bond motifs is 1. The van der Waals surface area contributed by atoms with Crippen LogP contribution < -0.4 is 10.9 Å². The van der Waals surface area contributed by atoms with Crippen molar-refractivity contribution in [2.75, 3.05) is 18.5 Å². The second kappa shape index (κ2) is 7.55. The van der Waals surface area contributed by atoms with Crippen LogP contribution in [0.25, 0.3) is 4.96 Å². The van der Waals surface area contributed by atoms with Crippen LogP contribution >= 0.6 is 11.3 Å². The SMILES string of the molecule is CCOC(CNc1nn2c(=O)cc(CC)nc2s1)c1ccccc1. The fourth-order valence-corrected chi connectivity index (χ4v) is 3.26. The number of nitrogens with one attached hydrogen (secondary N) is 1. The Morgan fingerprint density at radius 1 is 1.29 bits per heavy atom. The number of ether oxygens (including phenoxy) is 1. The maximum absolute atomic E-state index is 12.0. The predicted molar refractivity (Wildman–Crippen MR) is 95.8 cm³/mol. The molecular weight excluding hydrogens is 324 g/mol. The van der Waals surface area contributed by atoms with Crippen LogP contribution in [0.3, 0.4) is 0 Å². The maximum Gasteiger partial charge on any atom is 0.275 e. The first-order valence-corrected chi connectivity index (χ1v) is 8.83. The predicted octanol–water partition coefficient (Wildman–Crippen LogP) is 2.90. The zero-order chi connectivity index (χ0) is 16.9. The Balaban J connectivity index is 1.79. The van der Waals surface area contributed by atoms with E-state index in [-0.39, 0.29) is 11.7 Å². The Bertz CT molecular complexity index is 860. The smallest absolute Gasteiger partial charge is 0.275 e. The molecule has 0 bridgehead atoms. The maximum atomic E-state index is 12.0. The Morgan fingerprint density at radius 2 is 2.08 bits per heavy atom. The average Bonchev–Trinajstić information content (AvgIpc) is 3.03. The fourth-order valence-electron chi connectivity index (χ4n) is 2.43. The van der Waals surface area contributed by atoms with Crippen LogP contribution in [0.1, 0.15) is 31.2 Å². The van der Waals surface area contributed by atoms with Crippen molar-refractivity contribution in [2.24, 2.45) is 0 Å². The lowest BCUT2D eigenvalue weighted by atomic mass is 10.1. The van der Waals surface area contributed by atoms with Gasteiger partial charge >= 0.3 is 0 Å². The van der Waals surface area contributed by atoms with Gasteiger partial charge < -0.3 is 10.1 Å².